The lowest BCUT2D eigenvalue weighted by molar-refractivity contribution is 0.0988. The molecule has 104 valence electrons. The van der Waals surface area contributed by atoms with Crippen molar-refractivity contribution in [3.8, 4) is 0 Å². The van der Waals surface area contributed by atoms with Crippen LogP contribution in [0, 0.1) is 6.92 Å². The maximum Gasteiger partial charge on any atom is 0.162 e. The number of carbonyl (C=O) groups is 1. The molecular weight excluding hydrogens is 246 g/mol. The number of anilines is 1. The fourth-order valence-corrected chi connectivity index (χ4v) is 2.20. The number of benzene rings is 2. The van der Waals surface area contributed by atoms with Crippen molar-refractivity contribution in [1.29, 1.82) is 0 Å². The molecule has 2 rings (SSSR count). The van der Waals surface area contributed by atoms with Gasteiger partial charge in [0.25, 0.3) is 0 Å². The third-order valence-corrected chi connectivity index (χ3v) is 3.35. The second-order valence-corrected chi connectivity index (χ2v) is 5.02. The Hall–Kier alpha value is -2.09. The molecule has 0 saturated heterocycles. The average molecular weight is 267 g/mol. The molecule has 0 aliphatic rings. The number of aryl methyl sites for hydroxylation is 1. The SMILES string of the molecule is CCC(=O)c1ccc(NCCc2cccc(C)c2)cc1. The Morgan fingerprint density at radius 2 is 1.85 bits per heavy atom. The van der Waals surface area contributed by atoms with E-state index in [4.69, 9.17) is 0 Å². The molecule has 0 spiro atoms. The topological polar surface area (TPSA) is 29.1 Å². The van der Waals surface area contributed by atoms with Crippen molar-refractivity contribution >= 4 is 11.5 Å². The predicted octanol–water partition coefficient (Wildman–Crippen LogP) is 4.24. The van der Waals surface area contributed by atoms with E-state index in [1.54, 1.807) is 0 Å². The number of ketones is 1. The van der Waals surface area contributed by atoms with E-state index >= 15 is 0 Å². The minimum absolute atomic E-state index is 0.191. The highest BCUT2D eigenvalue weighted by Crippen LogP contribution is 2.12. The largest absolute Gasteiger partial charge is 0.385 e. The van der Waals surface area contributed by atoms with E-state index in [-0.39, 0.29) is 5.78 Å². The summed E-state index contributed by atoms with van der Waals surface area (Å²) in [5.74, 6) is 0.191. The summed E-state index contributed by atoms with van der Waals surface area (Å²) in [6.45, 7) is 4.89. The standard InChI is InChI=1S/C18H21NO/c1-3-18(20)16-7-9-17(10-8-16)19-12-11-15-6-4-5-14(2)13-15/h4-10,13,19H,3,11-12H2,1-2H3. The van der Waals surface area contributed by atoms with Crippen LogP contribution < -0.4 is 5.32 Å². The van der Waals surface area contributed by atoms with Crippen LogP contribution in [-0.4, -0.2) is 12.3 Å². The zero-order chi connectivity index (χ0) is 14.4. The van der Waals surface area contributed by atoms with E-state index in [9.17, 15) is 4.79 Å². The molecule has 2 aromatic rings. The van der Waals surface area contributed by atoms with Crippen LogP contribution in [0.5, 0.6) is 0 Å². The molecule has 0 radical (unpaired) electrons. The van der Waals surface area contributed by atoms with Gasteiger partial charge in [0, 0.05) is 24.2 Å². The van der Waals surface area contributed by atoms with Crippen LogP contribution in [0.2, 0.25) is 0 Å². The van der Waals surface area contributed by atoms with Crippen molar-refractivity contribution in [3.63, 3.8) is 0 Å². The Labute approximate surface area is 120 Å². The number of carbonyl (C=O) groups excluding carboxylic acids is 1. The van der Waals surface area contributed by atoms with Gasteiger partial charge in [-0.15, -0.1) is 0 Å². The average Bonchev–Trinajstić information content (AvgIpc) is 2.47. The molecule has 0 amide bonds. The first-order valence-electron chi connectivity index (χ1n) is 7.11. The van der Waals surface area contributed by atoms with E-state index in [0.717, 1.165) is 24.2 Å². The van der Waals surface area contributed by atoms with Gasteiger partial charge in [0.1, 0.15) is 0 Å². The Morgan fingerprint density at radius 3 is 2.50 bits per heavy atom. The van der Waals surface area contributed by atoms with Gasteiger partial charge in [-0.05, 0) is 43.2 Å². The molecule has 1 N–H and O–H groups in total. The van der Waals surface area contributed by atoms with Crippen LogP contribution in [-0.2, 0) is 6.42 Å². The van der Waals surface area contributed by atoms with Gasteiger partial charge in [-0.1, -0.05) is 36.8 Å². The van der Waals surface area contributed by atoms with Gasteiger partial charge in [0.05, 0.1) is 0 Å². The molecule has 0 saturated carbocycles. The predicted molar refractivity (Wildman–Crippen MR) is 84.4 cm³/mol. The molecule has 2 aromatic carbocycles. The van der Waals surface area contributed by atoms with E-state index < -0.39 is 0 Å². The molecule has 0 heterocycles. The van der Waals surface area contributed by atoms with Crippen LogP contribution in [0.3, 0.4) is 0 Å². The van der Waals surface area contributed by atoms with Gasteiger partial charge in [0.2, 0.25) is 0 Å². The summed E-state index contributed by atoms with van der Waals surface area (Å²) in [6.07, 6.45) is 1.55. The van der Waals surface area contributed by atoms with Crippen LogP contribution >= 0.6 is 0 Å². The zero-order valence-electron chi connectivity index (χ0n) is 12.1. The highest BCUT2D eigenvalue weighted by Gasteiger charge is 2.02. The maximum absolute atomic E-state index is 11.5. The highest BCUT2D eigenvalue weighted by atomic mass is 16.1. The summed E-state index contributed by atoms with van der Waals surface area (Å²) in [4.78, 5) is 11.5. The lowest BCUT2D eigenvalue weighted by Gasteiger charge is -2.07. The summed E-state index contributed by atoms with van der Waals surface area (Å²) in [6, 6.07) is 16.3. The summed E-state index contributed by atoms with van der Waals surface area (Å²) in [5.41, 5.74) is 4.49. The number of hydrogen-bond donors (Lipinski definition) is 1. The summed E-state index contributed by atoms with van der Waals surface area (Å²) >= 11 is 0. The maximum atomic E-state index is 11.5. The van der Waals surface area contributed by atoms with Crippen molar-refractivity contribution in [1.82, 2.24) is 0 Å². The van der Waals surface area contributed by atoms with Crippen molar-refractivity contribution < 1.29 is 4.79 Å². The molecule has 0 aliphatic carbocycles. The van der Waals surface area contributed by atoms with Crippen LogP contribution in [0.1, 0.15) is 34.8 Å². The van der Waals surface area contributed by atoms with E-state index in [1.165, 1.54) is 11.1 Å². The molecule has 0 aromatic heterocycles. The van der Waals surface area contributed by atoms with Crippen LogP contribution in [0.25, 0.3) is 0 Å². The van der Waals surface area contributed by atoms with Gasteiger partial charge in [0.15, 0.2) is 5.78 Å². The summed E-state index contributed by atoms with van der Waals surface area (Å²) in [7, 11) is 0. The third-order valence-electron chi connectivity index (χ3n) is 3.35. The number of Topliss-reactive ketones (excluding diaryl/α,β-unsaturated/α-hetero) is 1. The van der Waals surface area contributed by atoms with Crippen molar-refractivity contribution in [3.05, 3.63) is 65.2 Å². The second-order valence-electron chi connectivity index (χ2n) is 5.02. The number of nitrogens with one attached hydrogen (secondary N) is 1. The first-order chi connectivity index (χ1) is 9.69. The normalized spacial score (nSPS) is 10.3. The zero-order valence-corrected chi connectivity index (χ0v) is 12.1. The fourth-order valence-electron chi connectivity index (χ4n) is 2.20. The molecule has 0 unspecified atom stereocenters. The Balaban J connectivity index is 1.86. The number of hydrogen-bond acceptors (Lipinski definition) is 2. The van der Waals surface area contributed by atoms with Crippen LogP contribution in [0.15, 0.2) is 48.5 Å². The Kier molecular flexibility index (Phi) is 4.94. The van der Waals surface area contributed by atoms with Gasteiger partial charge in [-0.2, -0.15) is 0 Å². The molecule has 0 fully saturated rings. The molecule has 0 aliphatic heterocycles. The lowest BCUT2D eigenvalue weighted by Crippen LogP contribution is -2.05. The quantitative estimate of drug-likeness (QED) is 0.793. The summed E-state index contributed by atoms with van der Waals surface area (Å²) in [5, 5.41) is 3.39. The second kappa shape index (κ2) is 6.90. The minimum Gasteiger partial charge on any atom is -0.385 e. The van der Waals surface area contributed by atoms with E-state index in [0.29, 0.717) is 6.42 Å². The Bertz CT molecular complexity index is 572. The third kappa shape index (κ3) is 3.95. The molecule has 20 heavy (non-hydrogen) atoms. The minimum atomic E-state index is 0.191. The van der Waals surface area contributed by atoms with E-state index in [2.05, 4.69) is 36.5 Å². The first-order valence-corrected chi connectivity index (χ1v) is 7.11. The van der Waals surface area contributed by atoms with Gasteiger partial charge in [-0.25, -0.2) is 0 Å². The van der Waals surface area contributed by atoms with Gasteiger partial charge in [-0.3, -0.25) is 4.79 Å². The van der Waals surface area contributed by atoms with Crippen molar-refractivity contribution in [2.45, 2.75) is 26.7 Å². The molecule has 2 nitrogen and oxygen atoms in total. The smallest absolute Gasteiger partial charge is 0.162 e. The highest BCUT2D eigenvalue weighted by molar-refractivity contribution is 5.96. The van der Waals surface area contributed by atoms with Crippen LogP contribution in [0.4, 0.5) is 5.69 Å². The molecule has 2 heteroatoms. The first kappa shape index (κ1) is 14.3. The lowest BCUT2D eigenvalue weighted by atomic mass is 10.1. The van der Waals surface area contributed by atoms with Crippen molar-refractivity contribution in [2.24, 2.45) is 0 Å². The Morgan fingerprint density at radius 1 is 1.10 bits per heavy atom. The monoisotopic (exact) mass is 267 g/mol. The molecule has 0 atom stereocenters. The van der Waals surface area contributed by atoms with Gasteiger partial charge < -0.3 is 5.32 Å². The molecular formula is C18H21NO. The summed E-state index contributed by atoms with van der Waals surface area (Å²) < 4.78 is 0. The van der Waals surface area contributed by atoms with E-state index in [1.807, 2.05) is 31.2 Å². The molecule has 0 bridgehead atoms. The van der Waals surface area contributed by atoms with Gasteiger partial charge >= 0.3 is 0 Å². The fraction of sp³-hybridized carbons (Fsp3) is 0.278. The number of rotatable bonds is 6. The van der Waals surface area contributed by atoms with Crippen molar-refractivity contribution in [2.75, 3.05) is 11.9 Å².